The van der Waals surface area contributed by atoms with E-state index in [0.717, 1.165) is 10.4 Å². The van der Waals surface area contributed by atoms with Crippen LogP contribution in [0.1, 0.15) is 23.3 Å². The Labute approximate surface area is 137 Å². The van der Waals surface area contributed by atoms with Gasteiger partial charge in [0.25, 0.3) is 5.91 Å². The molecule has 112 valence electrons. The van der Waals surface area contributed by atoms with Gasteiger partial charge in [-0.3, -0.25) is 14.5 Å². The summed E-state index contributed by atoms with van der Waals surface area (Å²) in [6.45, 7) is 2.46. The summed E-state index contributed by atoms with van der Waals surface area (Å²) in [5.41, 5.74) is 1.15. The van der Waals surface area contributed by atoms with E-state index in [9.17, 15) is 9.59 Å². The Bertz CT molecular complexity index is 606. The number of carbonyl (C=O) groups is 2. The third-order valence-corrected chi connectivity index (χ3v) is 5.37. The number of carbonyl (C=O) groups excluding carboxylic acids is 2. The Morgan fingerprint density at radius 2 is 2.29 bits per heavy atom. The number of thiophene rings is 1. The van der Waals surface area contributed by atoms with Gasteiger partial charge in [-0.2, -0.15) is 0 Å². The smallest absolute Gasteiger partial charge is 0.305 e. The molecule has 0 spiro atoms. The molecular formula is C14H15NO3S3. The zero-order chi connectivity index (χ0) is 15.4. The van der Waals surface area contributed by atoms with Crippen LogP contribution in [0.3, 0.4) is 0 Å². The van der Waals surface area contributed by atoms with E-state index in [2.05, 4.69) is 4.74 Å². The maximum atomic E-state index is 12.3. The fraction of sp³-hybridized carbons (Fsp3) is 0.357. The molecule has 2 rings (SSSR count). The fourth-order valence-corrected chi connectivity index (χ4v) is 4.05. The molecule has 0 unspecified atom stereocenters. The first-order valence-corrected chi connectivity index (χ1v) is 8.49. The van der Waals surface area contributed by atoms with Crippen molar-refractivity contribution >= 4 is 57.6 Å². The molecule has 1 fully saturated rings. The standard InChI is InChI=1S/C14H15NO3S3/c1-9-5-7-20-10(9)8-11-13(17)15(14(19)21-11)6-3-4-12(16)18-2/h5,7-8H,3-4,6H2,1-2H3/b11-8-. The van der Waals surface area contributed by atoms with Gasteiger partial charge in [0.1, 0.15) is 4.32 Å². The van der Waals surface area contributed by atoms with E-state index in [4.69, 9.17) is 12.2 Å². The van der Waals surface area contributed by atoms with Crippen molar-refractivity contribution < 1.29 is 14.3 Å². The number of nitrogens with zero attached hydrogens (tertiary/aromatic N) is 1. The molecule has 0 radical (unpaired) electrons. The van der Waals surface area contributed by atoms with Gasteiger partial charge in [0.05, 0.1) is 12.0 Å². The van der Waals surface area contributed by atoms with E-state index in [0.29, 0.717) is 22.2 Å². The van der Waals surface area contributed by atoms with Crippen LogP contribution in [-0.2, 0) is 14.3 Å². The van der Waals surface area contributed by atoms with Gasteiger partial charge in [-0.15, -0.1) is 11.3 Å². The minimum atomic E-state index is -0.273. The summed E-state index contributed by atoms with van der Waals surface area (Å²) in [5, 5.41) is 2.00. The lowest BCUT2D eigenvalue weighted by Gasteiger charge is -2.13. The van der Waals surface area contributed by atoms with E-state index in [1.807, 2.05) is 24.4 Å². The third-order valence-electron chi connectivity index (χ3n) is 3.03. The maximum Gasteiger partial charge on any atom is 0.305 e. The van der Waals surface area contributed by atoms with E-state index in [1.54, 1.807) is 16.2 Å². The van der Waals surface area contributed by atoms with Crippen molar-refractivity contribution in [3.63, 3.8) is 0 Å². The summed E-state index contributed by atoms with van der Waals surface area (Å²) in [6.07, 6.45) is 2.72. The number of thioether (sulfide) groups is 1. The highest BCUT2D eigenvalue weighted by atomic mass is 32.2. The van der Waals surface area contributed by atoms with Gasteiger partial charge in [0, 0.05) is 17.8 Å². The van der Waals surface area contributed by atoms with Crippen LogP contribution in [0.15, 0.2) is 16.4 Å². The van der Waals surface area contributed by atoms with E-state index < -0.39 is 0 Å². The predicted octanol–water partition coefficient (Wildman–Crippen LogP) is 3.21. The van der Waals surface area contributed by atoms with Gasteiger partial charge in [-0.25, -0.2) is 0 Å². The van der Waals surface area contributed by atoms with Crippen LogP contribution in [0, 0.1) is 6.92 Å². The zero-order valence-corrected chi connectivity index (χ0v) is 14.2. The number of methoxy groups -OCH3 is 1. The molecule has 1 saturated heterocycles. The van der Waals surface area contributed by atoms with Gasteiger partial charge in [0.2, 0.25) is 0 Å². The summed E-state index contributed by atoms with van der Waals surface area (Å²) in [5.74, 6) is -0.354. The van der Waals surface area contributed by atoms with Gasteiger partial charge in [-0.1, -0.05) is 24.0 Å². The maximum absolute atomic E-state index is 12.3. The zero-order valence-electron chi connectivity index (χ0n) is 11.8. The molecule has 0 bridgehead atoms. The third kappa shape index (κ3) is 3.93. The first kappa shape index (κ1) is 16.2. The Morgan fingerprint density at radius 3 is 2.90 bits per heavy atom. The molecule has 1 aromatic heterocycles. The Morgan fingerprint density at radius 1 is 1.52 bits per heavy atom. The van der Waals surface area contributed by atoms with Crippen LogP contribution in [0.5, 0.6) is 0 Å². The van der Waals surface area contributed by atoms with Crippen molar-refractivity contribution in [3.8, 4) is 0 Å². The van der Waals surface area contributed by atoms with Crippen molar-refractivity contribution in [1.82, 2.24) is 4.90 Å². The minimum absolute atomic E-state index is 0.0809. The SMILES string of the molecule is COC(=O)CCCN1C(=O)/C(=C/c2sccc2C)SC1=S. The van der Waals surface area contributed by atoms with E-state index in [1.165, 1.54) is 18.9 Å². The highest BCUT2D eigenvalue weighted by Gasteiger charge is 2.31. The molecular weight excluding hydrogens is 326 g/mol. The Kier molecular flexibility index (Phi) is 5.55. The average molecular weight is 341 g/mol. The highest BCUT2D eigenvalue weighted by Crippen LogP contribution is 2.34. The fourth-order valence-electron chi connectivity index (χ4n) is 1.83. The van der Waals surface area contributed by atoms with Crippen molar-refractivity contribution in [1.29, 1.82) is 0 Å². The molecule has 0 saturated carbocycles. The van der Waals surface area contributed by atoms with Crippen LogP contribution in [0.4, 0.5) is 0 Å². The molecule has 4 nitrogen and oxygen atoms in total. The lowest BCUT2D eigenvalue weighted by Crippen LogP contribution is -2.29. The van der Waals surface area contributed by atoms with Crippen LogP contribution in [-0.4, -0.2) is 34.8 Å². The molecule has 7 heteroatoms. The second-order valence-corrected chi connectivity index (χ2v) is 7.10. The van der Waals surface area contributed by atoms with Gasteiger partial charge in [0.15, 0.2) is 0 Å². The summed E-state index contributed by atoms with van der Waals surface area (Å²) in [7, 11) is 1.36. The molecule has 0 aliphatic carbocycles. The number of esters is 1. The van der Waals surface area contributed by atoms with Crippen LogP contribution < -0.4 is 0 Å². The van der Waals surface area contributed by atoms with Crippen LogP contribution in [0.25, 0.3) is 6.08 Å². The highest BCUT2D eigenvalue weighted by molar-refractivity contribution is 8.26. The largest absolute Gasteiger partial charge is 0.469 e. The number of rotatable bonds is 5. The minimum Gasteiger partial charge on any atom is -0.469 e. The first-order valence-electron chi connectivity index (χ1n) is 6.39. The molecule has 1 aliphatic heterocycles. The second kappa shape index (κ2) is 7.20. The van der Waals surface area contributed by atoms with Crippen molar-refractivity contribution in [2.45, 2.75) is 19.8 Å². The Hall–Kier alpha value is -1.18. The van der Waals surface area contributed by atoms with Crippen LogP contribution in [0.2, 0.25) is 0 Å². The Balaban J connectivity index is 2.01. The van der Waals surface area contributed by atoms with Crippen LogP contribution >= 0.6 is 35.3 Å². The summed E-state index contributed by atoms with van der Waals surface area (Å²) < 4.78 is 5.13. The number of hydrogen-bond acceptors (Lipinski definition) is 6. The molecule has 0 aromatic carbocycles. The van der Waals surface area contributed by atoms with Crippen molar-refractivity contribution in [2.24, 2.45) is 0 Å². The summed E-state index contributed by atoms with van der Waals surface area (Å²) >= 11 is 8.16. The van der Waals surface area contributed by atoms with Gasteiger partial charge < -0.3 is 4.74 Å². The quantitative estimate of drug-likeness (QED) is 0.467. The number of amides is 1. The summed E-state index contributed by atoms with van der Waals surface area (Å²) in [4.78, 5) is 26.7. The molecule has 1 aliphatic rings. The molecule has 1 aromatic rings. The van der Waals surface area contributed by atoms with Crippen molar-refractivity contribution in [2.75, 3.05) is 13.7 Å². The predicted molar refractivity (Wildman–Crippen MR) is 90.2 cm³/mol. The number of ether oxygens (including phenoxy) is 1. The molecule has 21 heavy (non-hydrogen) atoms. The first-order chi connectivity index (χ1) is 10.0. The summed E-state index contributed by atoms with van der Waals surface area (Å²) in [6, 6.07) is 2.02. The topological polar surface area (TPSA) is 46.6 Å². The lowest BCUT2D eigenvalue weighted by molar-refractivity contribution is -0.141. The van der Waals surface area contributed by atoms with Gasteiger partial charge >= 0.3 is 5.97 Å². The lowest BCUT2D eigenvalue weighted by atomic mass is 10.2. The molecule has 1 amide bonds. The molecule has 2 heterocycles. The number of hydrogen-bond donors (Lipinski definition) is 0. The van der Waals surface area contributed by atoms with E-state index in [-0.39, 0.29) is 18.3 Å². The van der Waals surface area contributed by atoms with E-state index >= 15 is 0 Å². The normalized spacial score (nSPS) is 16.9. The van der Waals surface area contributed by atoms with Gasteiger partial charge in [-0.05, 0) is 36.4 Å². The molecule has 0 atom stereocenters. The molecule has 0 N–H and O–H groups in total. The number of thiocarbonyl (C=S) groups is 1. The second-order valence-electron chi connectivity index (χ2n) is 4.48. The monoisotopic (exact) mass is 341 g/mol. The average Bonchev–Trinajstić information content (AvgIpc) is 2.97. The van der Waals surface area contributed by atoms with Crippen molar-refractivity contribution in [3.05, 3.63) is 26.8 Å². The number of aryl methyl sites for hydroxylation is 1.